The number of aromatic nitrogens is 1. The number of amides is 1. The molecule has 2 N–H and O–H groups in total. The smallest absolute Gasteiger partial charge is 0.336 e. The van der Waals surface area contributed by atoms with E-state index in [1.807, 2.05) is 0 Å². The quantitative estimate of drug-likeness (QED) is 0.908. The highest BCUT2D eigenvalue weighted by atomic mass is 32.1. The maximum atomic E-state index is 13.2. The van der Waals surface area contributed by atoms with Gasteiger partial charge in [0.1, 0.15) is 0 Å². The summed E-state index contributed by atoms with van der Waals surface area (Å²) in [6.45, 7) is 1.93. The molecule has 5 nitrogen and oxygen atoms in total. The van der Waals surface area contributed by atoms with Gasteiger partial charge in [-0.25, -0.2) is 18.6 Å². The standard InChI is InChI=1S/C13H10F2N2O3S/c1-6-16-4-7(21-6)5-17-12(18)8-2-10(14)11(15)3-9(8)13(19)20/h2-4H,5H2,1H3,(H,17,18)(H,19,20). The summed E-state index contributed by atoms with van der Waals surface area (Å²) in [4.78, 5) is 27.7. The number of carbonyl (C=O) groups excluding carboxylic acids is 1. The second kappa shape index (κ2) is 5.96. The van der Waals surface area contributed by atoms with Gasteiger partial charge in [0.25, 0.3) is 5.91 Å². The lowest BCUT2D eigenvalue weighted by atomic mass is 10.1. The molecule has 2 rings (SSSR count). The van der Waals surface area contributed by atoms with Crippen molar-refractivity contribution in [3.05, 3.63) is 51.0 Å². The molecule has 110 valence electrons. The molecule has 21 heavy (non-hydrogen) atoms. The molecule has 0 fully saturated rings. The number of aryl methyl sites for hydroxylation is 1. The number of hydrogen-bond donors (Lipinski definition) is 2. The fourth-order valence-electron chi connectivity index (χ4n) is 1.66. The lowest BCUT2D eigenvalue weighted by Crippen LogP contribution is -2.25. The minimum atomic E-state index is -1.51. The van der Waals surface area contributed by atoms with Crippen LogP contribution in [0.25, 0.3) is 0 Å². The van der Waals surface area contributed by atoms with Crippen LogP contribution in [-0.2, 0) is 6.54 Å². The number of nitrogens with one attached hydrogen (secondary N) is 1. The predicted molar refractivity (Wildman–Crippen MR) is 71.3 cm³/mol. The molecule has 2 aromatic rings. The van der Waals surface area contributed by atoms with Crippen molar-refractivity contribution in [1.82, 2.24) is 10.3 Å². The van der Waals surface area contributed by atoms with Crippen LogP contribution in [0, 0.1) is 18.6 Å². The van der Waals surface area contributed by atoms with E-state index in [1.165, 1.54) is 11.3 Å². The Morgan fingerprint density at radius 3 is 2.43 bits per heavy atom. The summed E-state index contributed by atoms with van der Waals surface area (Å²) in [5.41, 5.74) is -1.02. The number of thiazole rings is 1. The van der Waals surface area contributed by atoms with Gasteiger partial charge >= 0.3 is 5.97 Å². The average molecular weight is 312 g/mol. The molecule has 0 radical (unpaired) electrons. The van der Waals surface area contributed by atoms with E-state index < -0.39 is 34.6 Å². The normalized spacial score (nSPS) is 10.4. The fraction of sp³-hybridized carbons (Fsp3) is 0.154. The average Bonchev–Trinajstić information content (AvgIpc) is 2.84. The molecular formula is C13H10F2N2O3S. The lowest BCUT2D eigenvalue weighted by molar-refractivity contribution is 0.0690. The van der Waals surface area contributed by atoms with E-state index in [4.69, 9.17) is 5.11 Å². The number of aromatic carboxylic acids is 1. The summed E-state index contributed by atoms with van der Waals surface area (Å²) in [6, 6.07) is 1.06. The first-order chi connectivity index (χ1) is 9.88. The van der Waals surface area contributed by atoms with E-state index in [9.17, 15) is 18.4 Å². The van der Waals surface area contributed by atoms with Gasteiger partial charge in [-0.3, -0.25) is 4.79 Å². The predicted octanol–water partition coefficient (Wildman–Crippen LogP) is 2.36. The zero-order valence-electron chi connectivity index (χ0n) is 10.8. The van der Waals surface area contributed by atoms with Crippen LogP contribution < -0.4 is 5.32 Å². The first-order valence-corrected chi connectivity index (χ1v) is 6.62. The van der Waals surface area contributed by atoms with E-state index >= 15 is 0 Å². The van der Waals surface area contributed by atoms with E-state index in [-0.39, 0.29) is 6.54 Å². The van der Waals surface area contributed by atoms with Crippen molar-refractivity contribution in [2.75, 3.05) is 0 Å². The summed E-state index contributed by atoms with van der Waals surface area (Å²) in [5, 5.41) is 12.2. The van der Waals surface area contributed by atoms with Crippen molar-refractivity contribution >= 4 is 23.2 Å². The van der Waals surface area contributed by atoms with Gasteiger partial charge in [0, 0.05) is 11.1 Å². The third-order valence-corrected chi connectivity index (χ3v) is 3.54. The van der Waals surface area contributed by atoms with E-state index in [2.05, 4.69) is 10.3 Å². The molecule has 1 aromatic carbocycles. The Morgan fingerprint density at radius 1 is 1.29 bits per heavy atom. The second-order valence-corrected chi connectivity index (χ2v) is 5.46. The number of rotatable bonds is 4. The summed E-state index contributed by atoms with van der Waals surface area (Å²) in [6.07, 6.45) is 1.57. The van der Waals surface area contributed by atoms with Crippen LogP contribution in [0.4, 0.5) is 8.78 Å². The maximum Gasteiger partial charge on any atom is 0.336 e. The lowest BCUT2D eigenvalue weighted by Gasteiger charge is -2.07. The number of benzene rings is 1. The molecule has 0 bridgehead atoms. The van der Waals surface area contributed by atoms with Crippen molar-refractivity contribution < 1.29 is 23.5 Å². The highest BCUT2D eigenvalue weighted by Gasteiger charge is 2.20. The van der Waals surface area contributed by atoms with E-state index in [1.54, 1.807) is 13.1 Å². The molecule has 1 heterocycles. The van der Waals surface area contributed by atoms with E-state index in [0.29, 0.717) is 12.1 Å². The topological polar surface area (TPSA) is 79.3 Å². The van der Waals surface area contributed by atoms with Gasteiger partial charge in [0.05, 0.1) is 22.7 Å². The molecule has 0 spiro atoms. The summed E-state index contributed by atoms with van der Waals surface area (Å²) in [5.74, 6) is -4.90. The minimum Gasteiger partial charge on any atom is -0.478 e. The Labute approximate surface area is 122 Å². The number of nitrogens with zero attached hydrogens (tertiary/aromatic N) is 1. The SMILES string of the molecule is Cc1ncc(CNC(=O)c2cc(F)c(F)cc2C(=O)O)s1. The van der Waals surface area contributed by atoms with Gasteiger partial charge in [0.2, 0.25) is 0 Å². The van der Waals surface area contributed by atoms with Crippen LogP contribution in [0.5, 0.6) is 0 Å². The molecule has 0 aliphatic carbocycles. The Kier molecular flexibility index (Phi) is 4.27. The Hall–Kier alpha value is -2.35. The first-order valence-electron chi connectivity index (χ1n) is 5.80. The third kappa shape index (κ3) is 3.40. The van der Waals surface area contributed by atoms with Gasteiger partial charge < -0.3 is 10.4 Å². The molecular weight excluding hydrogens is 302 g/mol. The Morgan fingerprint density at radius 2 is 1.90 bits per heavy atom. The largest absolute Gasteiger partial charge is 0.478 e. The molecule has 0 aliphatic heterocycles. The molecule has 0 saturated heterocycles. The number of carboxylic acid groups (broad SMARTS) is 1. The van der Waals surface area contributed by atoms with Crippen molar-refractivity contribution in [2.24, 2.45) is 0 Å². The molecule has 0 atom stereocenters. The highest BCUT2D eigenvalue weighted by molar-refractivity contribution is 7.11. The summed E-state index contributed by atoms with van der Waals surface area (Å²) in [7, 11) is 0. The van der Waals surface area contributed by atoms with Crippen LogP contribution in [0.3, 0.4) is 0 Å². The zero-order chi connectivity index (χ0) is 15.6. The van der Waals surface area contributed by atoms with Crippen LogP contribution in [0.1, 0.15) is 30.6 Å². The van der Waals surface area contributed by atoms with Crippen molar-refractivity contribution in [1.29, 1.82) is 0 Å². The zero-order valence-corrected chi connectivity index (χ0v) is 11.6. The van der Waals surface area contributed by atoms with E-state index in [0.717, 1.165) is 9.88 Å². The molecule has 0 aliphatic rings. The number of hydrogen-bond acceptors (Lipinski definition) is 4. The first kappa shape index (κ1) is 15.0. The monoisotopic (exact) mass is 312 g/mol. The second-order valence-electron chi connectivity index (χ2n) is 4.15. The molecule has 0 saturated carbocycles. The van der Waals surface area contributed by atoms with Gasteiger partial charge in [0.15, 0.2) is 11.6 Å². The number of halogens is 2. The van der Waals surface area contributed by atoms with Crippen LogP contribution in [-0.4, -0.2) is 22.0 Å². The number of carboxylic acids is 1. The van der Waals surface area contributed by atoms with Crippen LogP contribution >= 0.6 is 11.3 Å². The van der Waals surface area contributed by atoms with Gasteiger partial charge in [-0.2, -0.15) is 0 Å². The van der Waals surface area contributed by atoms with Gasteiger partial charge in [-0.05, 0) is 19.1 Å². The molecule has 1 amide bonds. The van der Waals surface area contributed by atoms with Crippen molar-refractivity contribution in [3.63, 3.8) is 0 Å². The van der Waals surface area contributed by atoms with Crippen molar-refractivity contribution in [3.8, 4) is 0 Å². The Bertz CT molecular complexity index is 715. The number of carbonyl (C=O) groups is 2. The molecule has 0 unspecified atom stereocenters. The highest BCUT2D eigenvalue weighted by Crippen LogP contribution is 2.16. The third-order valence-electron chi connectivity index (χ3n) is 2.63. The minimum absolute atomic E-state index is 0.127. The molecule has 1 aromatic heterocycles. The molecule has 8 heteroatoms. The maximum absolute atomic E-state index is 13.2. The van der Waals surface area contributed by atoms with Crippen molar-refractivity contribution in [2.45, 2.75) is 13.5 Å². The summed E-state index contributed by atoms with van der Waals surface area (Å²) >= 11 is 1.36. The van der Waals surface area contributed by atoms with Gasteiger partial charge in [-0.15, -0.1) is 11.3 Å². The fourth-order valence-corrected chi connectivity index (χ4v) is 2.40. The Balaban J connectivity index is 2.22. The summed E-state index contributed by atoms with van der Waals surface area (Å²) < 4.78 is 26.3. The van der Waals surface area contributed by atoms with Crippen LogP contribution in [0.15, 0.2) is 18.3 Å². The van der Waals surface area contributed by atoms with Crippen LogP contribution in [0.2, 0.25) is 0 Å². The van der Waals surface area contributed by atoms with Gasteiger partial charge in [-0.1, -0.05) is 0 Å².